The van der Waals surface area contributed by atoms with Crippen LogP contribution in [0.1, 0.15) is 38.5 Å². The molecule has 0 N–H and O–H groups in total. The molecule has 0 aromatic rings. The SMILES string of the molecule is C1CCCCC1.Cl.Cl.Cl.Cl.Cl.Cl.[W]. The van der Waals surface area contributed by atoms with E-state index in [2.05, 4.69) is 0 Å². The van der Waals surface area contributed by atoms with Crippen molar-refractivity contribution in [3.63, 3.8) is 0 Å². The van der Waals surface area contributed by atoms with Gasteiger partial charge < -0.3 is 0 Å². The molecule has 0 saturated heterocycles. The molecule has 0 aromatic heterocycles. The summed E-state index contributed by atoms with van der Waals surface area (Å²) in [4.78, 5) is 0. The summed E-state index contributed by atoms with van der Waals surface area (Å²) in [5, 5.41) is 0. The summed E-state index contributed by atoms with van der Waals surface area (Å²) in [6.07, 6.45) is 9.00. The first-order valence-electron chi connectivity index (χ1n) is 3.00. The molecule has 0 radical (unpaired) electrons. The van der Waals surface area contributed by atoms with Crippen molar-refractivity contribution in [1.29, 1.82) is 0 Å². The second-order valence-corrected chi connectivity index (χ2v) is 2.12. The topological polar surface area (TPSA) is 0 Å². The molecule has 1 aliphatic carbocycles. The predicted molar refractivity (Wildman–Crippen MR) is 71.2 cm³/mol. The van der Waals surface area contributed by atoms with Gasteiger partial charge in [0.15, 0.2) is 0 Å². The largest absolute Gasteiger partial charge is 0.147 e. The molecule has 1 fully saturated rings. The van der Waals surface area contributed by atoms with Crippen LogP contribution in [0.25, 0.3) is 0 Å². The van der Waals surface area contributed by atoms with Crippen molar-refractivity contribution in [2.24, 2.45) is 0 Å². The molecule has 0 aromatic carbocycles. The fourth-order valence-electron chi connectivity index (χ4n) is 1.06. The van der Waals surface area contributed by atoms with Gasteiger partial charge in [-0.3, -0.25) is 0 Å². The summed E-state index contributed by atoms with van der Waals surface area (Å²) < 4.78 is 0. The van der Waals surface area contributed by atoms with E-state index in [0.29, 0.717) is 0 Å². The average Bonchev–Trinajstić information content (AvgIpc) is 1.72. The third kappa shape index (κ3) is 31.4. The van der Waals surface area contributed by atoms with Gasteiger partial charge in [-0.1, -0.05) is 38.5 Å². The molecule has 0 atom stereocenters. The van der Waals surface area contributed by atoms with Gasteiger partial charge >= 0.3 is 0 Å². The Labute approximate surface area is 133 Å². The molecule has 1 rings (SSSR count). The minimum atomic E-state index is 0. The Morgan fingerprint density at radius 2 is 0.385 bits per heavy atom. The fourth-order valence-corrected chi connectivity index (χ4v) is 1.06. The van der Waals surface area contributed by atoms with E-state index in [0.717, 1.165) is 0 Å². The van der Waals surface area contributed by atoms with E-state index in [-0.39, 0.29) is 95.5 Å². The average molecular weight is 487 g/mol. The number of hydrogen-bond acceptors (Lipinski definition) is 0. The molecule has 0 amide bonds. The van der Waals surface area contributed by atoms with Crippen molar-refractivity contribution in [2.45, 2.75) is 38.5 Å². The van der Waals surface area contributed by atoms with E-state index in [9.17, 15) is 0 Å². The van der Waals surface area contributed by atoms with E-state index in [4.69, 9.17) is 0 Å². The number of hydrogen-bond donors (Lipinski definition) is 0. The zero-order valence-electron chi connectivity index (χ0n) is 7.10. The summed E-state index contributed by atoms with van der Waals surface area (Å²) in [5.41, 5.74) is 0. The van der Waals surface area contributed by atoms with Crippen molar-refractivity contribution < 1.29 is 21.1 Å². The van der Waals surface area contributed by atoms with Gasteiger partial charge in [-0.15, -0.1) is 74.4 Å². The van der Waals surface area contributed by atoms with Crippen LogP contribution < -0.4 is 0 Å². The van der Waals surface area contributed by atoms with Crippen molar-refractivity contribution in [2.75, 3.05) is 0 Å². The smallest absolute Gasteiger partial charge is 0 e. The van der Waals surface area contributed by atoms with E-state index < -0.39 is 0 Å². The Kier molecular flexibility index (Phi) is 127. The standard InChI is InChI=1S/C6H12.6ClH.W/c1-2-4-6-5-3-1;;;;;;;/h1-6H2;6*1H;. The summed E-state index contributed by atoms with van der Waals surface area (Å²) in [7, 11) is 0. The van der Waals surface area contributed by atoms with Gasteiger partial charge in [0.05, 0.1) is 0 Å². The molecule has 0 bridgehead atoms. The van der Waals surface area contributed by atoms with Crippen molar-refractivity contribution >= 4 is 74.4 Å². The van der Waals surface area contributed by atoms with Crippen LogP contribution in [-0.2, 0) is 21.1 Å². The molecule has 13 heavy (non-hydrogen) atoms. The van der Waals surface area contributed by atoms with Crippen molar-refractivity contribution in [3.8, 4) is 0 Å². The second kappa shape index (κ2) is 36.6. The third-order valence-corrected chi connectivity index (χ3v) is 1.50. The molecule has 1 saturated carbocycles. The maximum absolute atomic E-state index is 1.50. The van der Waals surface area contributed by atoms with Crippen LogP contribution in [0.4, 0.5) is 0 Å². The third-order valence-electron chi connectivity index (χ3n) is 1.50. The molecule has 90 valence electrons. The number of rotatable bonds is 0. The second-order valence-electron chi connectivity index (χ2n) is 2.12. The maximum Gasteiger partial charge on any atom is 0 e. The van der Waals surface area contributed by atoms with Crippen LogP contribution in [0, 0.1) is 0 Å². The first-order valence-corrected chi connectivity index (χ1v) is 3.00. The Bertz CT molecular complexity index is 32.6. The summed E-state index contributed by atoms with van der Waals surface area (Å²) in [6, 6.07) is 0. The molecule has 0 aliphatic heterocycles. The fraction of sp³-hybridized carbons (Fsp3) is 1.00. The van der Waals surface area contributed by atoms with Gasteiger partial charge in [0, 0.05) is 21.1 Å². The molecule has 0 heterocycles. The van der Waals surface area contributed by atoms with E-state index in [1.807, 2.05) is 0 Å². The van der Waals surface area contributed by atoms with E-state index in [1.54, 1.807) is 0 Å². The van der Waals surface area contributed by atoms with Gasteiger partial charge in [-0.25, -0.2) is 0 Å². The molecule has 0 unspecified atom stereocenters. The van der Waals surface area contributed by atoms with Crippen LogP contribution in [0.2, 0.25) is 0 Å². The number of halogens is 6. The Hall–Kier alpha value is 2.43. The molecule has 0 nitrogen and oxygen atoms in total. The van der Waals surface area contributed by atoms with Gasteiger partial charge in [-0.05, 0) is 0 Å². The van der Waals surface area contributed by atoms with Crippen LogP contribution in [0.5, 0.6) is 0 Å². The van der Waals surface area contributed by atoms with Gasteiger partial charge in [0.1, 0.15) is 0 Å². The normalized spacial score (nSPS) is 11.1. The van der Waals surface area contributed by atoms with Gasteiger partial charge in [0.25, 0.3) is 0 Å². The molecular formula is C6H18Cl6W. The van der Waals surface area contributed by atoms with E-state index in [1.165, 1.54) is 38.5 Å². The first-order chi connectivity index (χ1) is 3.00. The summed E-state index contributed by atoms with van der Waals surface area (Å²) >= 11 is 0. The molecule has 1 aliphatic rings. The van der Waals surface area contributed by atoms with Crippen LogP contribution in [0.3, 0.4) is 0 Å². The minimum absolute atomic E-state index is 0. The summed E-state index contributed by atoms with van der Waals surface area (Å²) in [6.45, 7) is 0. The molecular weight excluding hydrogens is 469 g/mol. The quantitative estimate of drug-likeness (QED) is 0.458. The zero-order chi connectivity index (χ0) is 4.24. The minimum Gasteiger partial charge on any atom is -0.147 e. The van der Waals surface area contributed by atoms with Crippen LogP contribution in [0.15, 0.2) is 0 Å². The van der Waals surface area contributed by atoms with Crippen LogP contribution >= 0.6 is 74.4 Å². The molecule has 0 spiro atoms. The van der Waals surface area contributed by atoms with Crippen molar-refractivity contribution in [3.05, 3.63) is 0 Å². The Morgan fingerprint density at radius 1 is 0.308 bits per heavy atom. The zero-order valence-corrected chi connectivity index (χ0v) is 14.9. The van der Waals surface area contributed by atoms with Gasteiger partial charge in [0.2, 0.25) is 0 Å². The van der Waals surface area contributed by atoms with Crippen molar-refractivity contribution in [1.82, 2.24) is 0 Å². The Balaban J connectivity index is -0.0000000103. The first kappa shape index (κ1) is 45.2. The maximum atomic E-state index is 1.50. The molecule has 7 heteroatoms. The monoisotopic (exact) mass is 484 g/mol. The predicted octanol–water partition coefficient (Wildman–Crippen LogP) is 4.87. The Morgan fingerprint density at radius 3 is 0.462 bits per heavy atom. The van der Waals surface area contributed by atoms with Crippen LogP contribution in [-0.4, -0.2) is 0 Å². The summed E-state index contributed by atoms with van der Waals surface area (Å²) in [5.74, 6) is 0. The van der Waals surface area contributed by atoms with E-state index >= 15 is 0 Å². The van der Waals surface area contributed by atoms with Gasteiger partial charge in [-0.2, -0.15) is 0 Å².